The van der Waals surface area contributed by atoms with Gasteiger partial charge in [0.05, 0.1) is 15.6 Å². The van der Waals surface area contributed by atoms with Gasteiger partial charge in [-0.1, -0.05) is 23.5 Å². The number of hydrogen-bond donors (Lipinski definition) is 1. The van der Waals surface area contributed by atoms with Crippen LogP contribution >= 0.6 is 11.3 Å². The van der Waals surface area contributed by atoms with Crippen molar-refractivity contribution in [2.45, 2.75) is 20.8 Å². The summed E-state index contributed by atoms with van der Waals surface area (Å²) in [6, 6.07) is 10.8. The monoisotopic (exact) mass is 364 g/mol. The topological polar surface area (TPSA) is 72.2 Å². The van der Waals surface area contributed by atoms with Crippen molar-refractivity contribution in [1.82, 2.24) is 4.98 Å². The molecule has 2 heterocycles. The fourth-order valence-electron chi connectivity index (χ4n) is 2.97. The Balaban J connectivity index is 1.72. The molecule has 1 N–H and O–H groups in total. The van der Waals surface area contributed by atoms with Crippen LogP contribution in [0.3, 0.4) is 0 Å². The number of carbonyl (C=O) groups excluding carboxylic acids is 1. The van der Waals surface area contributed by atoms with Gasteiger partial charge in [0.25, 0.3) is 5.91 Å². The van der Waals surface area contributed by atoms with Gasteiger partial charge >= 0.3 is 0 Å². The first-order valence-electron chi connectivity index (χ1n) is 8.14. The zero-order valence-corrected chi connectivity index (χ0v) is 15.4. The lowest BCUT2D eigenvalue weighted by molar-refractivity contribution is 0.0997. The zero-order chi connectivity index (χ0) is 18.4. The van der Waals surface area contributed by atoms with Crippen LogP contribution in [0.15, 0.2) is 45.6 Å². The van der Waals surface area contributed by atoms with E-state index in [2.05, 4.69) is 10.3 Å². The molecule has 0 saturated heterocycles. The third-order valence-corrected chi connectivity index (χ3v) is 5.08. The molecule has 0 aliphatic rings. The molecule has 1 amide bonds. The van der Waals surface area contributed by atoms with E-state index in [9.17, 15) is 9.59 Å². The van der Waals surface area contributed by atoms with Crippen LogP contribution in [0.2, 0.25) is 0 Å². The van der Waals surface area contributed by atoms with Crippen molar-refractivity contribution in [1.29, 1.82) is 0 Å². The lowest BCUT2D eigenvalue weighted by Crippen LogP contribution is -2.15. The molecular formula is C20H16N2O3S. The highest BCUT2D eigenvalue weighted by molar-refractivity contribution is 7.22. The molecule has 0 radical (unpaired) electrons. The van der Waals surface area contributed by atoms with Gasteiger partial charge in [0.1, 0.15) is 5.58 Å². The number of hydrogen-bond acceptors (Lipinski definition) is 5. The Bertz CT molecular complexity index is 1240. The van der Waals surface area contributed by atoms with Crippen LogP contribution in [0.5, 0.6) is 0 Å². The number of rotatable bonds is 2. The molecule has 2 aromatic heterocycles. The second kappa shape index (κ2) is 6.07. The van der Waals surface area contributed by atoms with E-state index in [0.717, 1.165) is 26.9 Å². The summed E-state index contributed by atoms with van der Waals surface area (Å²) in [5, 5.41) is 3.68. The van der Waals surface area contributed by atoms with Crippen LogP contribution < -0.4 is 10.7 Å². The molecule has 0 atom stereocenters. The number of amides is 1. The van der Waals surface area contributed by atoms with Crippen LogP contribution in [-0.2, 0) is 0 Å². The van der Waals surface area contributed by atoms with Crippen LogP contribution in [0, 0.1) is 20.8 Å². The van der Waals surface area contributed by atoms with Gasteiger partial charge in [-0.05, 0) is 55.7 Å². The minimum atomic E-state index is -0.486. The van der Waals surface area contributed by atoms with Gasteiger partial charge in [0.15, 0.2) is 16.3 Å². The number of fused-ring (bicyclic) bond motifs is 2. The molecule has 2 aromatic carbocycles. The molecule has 0 saturated carbocycles. The predicted molar refractivity (Wildman–Crippen MR) is 104 cm³/mol. The molecule has 130 valence electrons. The third-order valence-electron chi connectivity index (χ3n) is 4.15. The average Bonchev–Trinajstić information content (AvgIpc) is 2.96. The fraction of sp³-hybridized carbons (Fsp3) is 0.150. The Hall–Kier alpha value is -2.99. The Morgan fingerprint density at radius 2 is 1.88 bits per heavy atom. The highest BCUT2D eigenvalue weighted by Gasteiger charge is 2.16. The minimum absolute atomic E-state index is 0.0233. The minimum Gasteiger partial charge on any atom is -0.450 e. The Morgan fingerprint density at radius 3 is 2.69 bits per heavy atom. The number of nitrogens with zero attached hydrogens (tertiary/aromatic N) is 1. The van der Waals surface area contributed by atoms with E-state index >= 15 is 0 Å². The summed E-state index contributed by atoms with van der Waals surface area (Å²) >= 11 is 1.38. The van der Waals surface area contributed by atoms with E-state index in [4.69, 9.17) is 4.42 Å². The number of carbonyl (C=O) groups is 1. The molecule has 0 bridgehead atoms. The van der Waals surface area contributed by atoms with Crippen molar-refractivity contribution in [3.63, 3.8) is 0 Å². The highest BCUT2D eigenvalue weighted by atomic mass is 32.1. The van der Waals surface area contributed by atoms with Crippen LogP contribution in [0.1, 0.15) is 27.2 Å². The first kappa shape index (κ1) is 16.5. The van der Waals surface area contributed by atoms with Crippen molar-refractivity contribution >= 4 is 43.6 Å². The van der Waals surface area contributed by atoms with Crippen molar-refractivity contribution in [2.75, 3.05) is 5.32 Å². The van der Waals surface area contributed by atoms with Crippen LogP contribution in [0.4, 0.5) is 5.13 Å². The Morgan fingerprint density at radius 1 is 1.08 bits per heavy atom. The molecule has 0 spiro atoms. The third kappa shape index (κ3) is 2.88. The summed E-state index contributed by atoms with van der Waals surface area (Å²) in [4.78, 5) is 29.3. The molecule has 0 unspecified atom stereocenters. The van der Waals surface area contributed by atoms with E-state index in [0.29, 0.717) is 16.1 Å². The van der Waals surface area contributed by atoms with Gasteiger partial charge in [0, 0.05) is 6.07 Å². The molecule has 26 heavy (non-hydrogen) atoms. The predicted octanol–water partition coefficient (Wildman–Crippen LogP) is 4.58. The molecule has 4 rings (SSSR count). The summed E-state index contributed by atoms with van der Waals surface area (Å²) in [6.07, 6.45) is 0. The number of benzene rings is 2. The number of aromatic nitrogens is 1. The number of aryl methyl sites for hydroxylation is 3. The molecular weight excluding hydrogens is 348 g/mol. The van der Waals surface area contributed by atoms with E-state index in [1.807, 2.05) is 45.0 Å². The first-order chi connectivity index (χ1) is 12.4. The fourth-order valence-corrected chi connectivity index (χ4v) is 3.92. The molecule has 0 aliphatic heterocycles. The molecule has 6 heteroatoms. The lowest BCUT2D eigenvalue weighted by atomic mass is 10.1. The van der Waals surface area contributed by atoms with E-state index < -0.39 is 5.91 Å². The average molecular weight is 364 g/mol. The SMILES string of the molecule is Cc1ccc2nc(NC(=O)c3cc(=O)c4cc(C)cc(C)c4o3)sc2c1. The highest BCUT2D eigenvalue weighted by Crippen LogP contribution is 2.27. The zero-order valence-electron chi connectivity index (χ0n) is 14.5. The molecule has 0 aliphatic carbocycles. The Labute approximate surface area is 153 Å². The second-order valence-electron chi connectivity index (χ2n) is 6.38. The normalized spacial score (nSPS) is 11.2. The van der Waals surface area contributed by atoms with Gasteiger partial charge in [-0.2, -0.15) is 0 Å². The van der Waals surface area contributed by atoms with Crippen molar-refractivity contribution in [3.05, 3.63) is 69.1 Å². The molecule has 0 fully saturated rings. The maximum atomic E-state index is 12.6. The standard InChI is InChI=1S/C20H16N2O3S/c1-10-4-5-14-17(8-10)26-20(21-14)22-19(24)16-9-15(23)13-7-11(2)6-12(3)18(13)25-16/h4-9H,1-3H3,(H,21,22,24). The quantitative estimate of drug-likeness (QED) is 0.565. The van der Waals surface area contributed by atoms with Gasteiger partial charge in [-0.25, -0.2) is 4.98 Å². The summed E-state index contributed by atoms with van der Waals surface area (Å²) in [6.45, 7) is 5.78. The smallest absolute Gasteiger partial charge is 0.293 e. The van der Waals surface area contributed by atoms with Crippen molar-refractivity contribution in [2.24, 2.45) is 0 Å². The number of anilines is 1. The largest absolute Gasteiger partial charge is 0.450 e. The summed E-state index contributed by atoms with van der Waals surface area (Å²) in [5.41, 5.74) is 3.95. The van der Waals surface area contributed by atoms with Gasteiger partial charge < -0.3 is 4.42 Å². The van der Waals surface area contributed by atoms with E-state index in [1.54, 1.807) is 6.07 Å². The van der Waals surface area contributed by atoms with E-state index in [1.165, 1.54) is 17.4 Å². The summed E-state index contributed by atoms with van der Waals surface area (Å²) in [5.74, 6) is -0.510. The maximum Gasteiger partial charge on any atom is 0.293 e. The van der Waals surface area contributed by atoms with Crippen molar-refractivity contribution < 1.29 is 9.21 Å². The maximum absolute atomic E-state index is 12.6. The van der Waals surface area contributed by atoms with Crippen molar-refractivity contribution in [3.8, 4) is 0 Å². The number of nitrogens with one attached hydrogen (secondary N) is 1. The van der Waals surface area contributed by atoms with Crippen LogP contribution in [0.25, 0.3) is 21.2 Å². The lowest BCUT2D eigenvalue weighted by Gasteiger charge is -2.06. The van der Waals surface area contributed by atoms with Gasteiger partial charge in [-0.3, -0.25) is 14.9 Å². The number of thiazole rings is 1. The molecule has 5 nitrogen and oxygen atoms in total. The first-order valence-corrected chi connectivity index (χ1v) is 8.96. The van der Waals surface area contributed by atoms with Gasteiger partial charge in [0.2, 0.25) is 0 Å². The second-order valence-corrected chi connectivity index (χ2v) is 7.41. The van der Waals surface area contributed by atoms with E-state index in [-0.39, 0.29) is 11.2 Å². The van der Waals surface area contributed by atoms with Gasteiger partial charge in [-0.15, -0.1) is 0 Å². The van der Waals surface area contributed by atoms with Crippen LogP contribution in [-0.4, -0.2) is 10.9 Å². The molecule has 4 aromatic rings. The summed E-state index contributed by atoms with van der Waals surface area (Å²) < 4.78 is 6.71. The summed E-state index contributed by atoms with van der Waals surface area (Å²) in [7, 11) is 0. The Kier molecular flexibility index (Phi) is 3.85.